The fourth-order valence-electron chi connectivity index (χ4n) is 4.49. The molecule has 1 aromatic heterocycles. The van der Waals surface area contributed by atoms with E-state index in [1.54, 1.807) is 41.5 Å². The van der Waals surface area contributed by atoms with Crippen LogP contribution in [0.4, 0.5) is 0 Å². The van der Waals surface area contributed by atoms with Gasteiger partial charge in [-0.25, -0.2) is 0 Å². The van der Waals surface area contributed by atoms with Gasteiger partial charge in [-0.15, -0.1) is 0 Å². The third-order valence-electron chi connectivity index (χ3n) is 6.16. The van der Waals surface area contributed by atoms with Gasteiger partial charge in [0.15, 0.2) is 0 Å². The third kappa shape index (κ3) is 3.54. The highest BCUT2D eigenvalue weighted by Gasteiger charge is 2.35. The number of nitrogens with zero attached hydrogens (tertiary/aromatic N) is 2. The first-order valence-electron chi connectivity index (χ1n) is 10.5. The molecule has 6 nitrogen and oxygen atoms in total. The van der Waals surface area contributed by atoms with Gasteiger partial charge in [-0.3, -0.25) is 19.3 Å². The molecule has 0 saturated carbocycles. The fraction of sp³-hybridized carbons (Fsp3) is 0.240. The van der Waals surface area contributed by atoms with Crippen LogP contribution in [0.1, 0.15) is 39.3 Å². The highest BCUT2D eigenvalue weighted by Crippen LogP contribution is 2.31. The summed E-state index contributed by atoms with van der Waals surface area (Å²) in [7, 11) is 0. The van der Waals surface area contributed by atoms with Crippen LogP contribution < -0.4 is 0 Å². The molecule has 5 rings (SSSR count). The van der Waals surface area contributed by atoms with E-state index in [0.29, 0.717) is 36.5 Å². The molecular weight excluding hydrogens is 392 g/mol. The molecule has 2 aromatic carbocycles. The quantitative estimate of drug-likeness (QED) is 0.478. The van der Waals surface area contributed by atoms with Gasteiger partial charge in [0.25, 0.3) is 11.8 Å². The van der Waals surface area contributed by atoms with E-state index in [2.05, 4.69) is 0 Å². The molecule has 0 unspecified atom stereocenters. The molecule has 31 heavy (non-hydrogen) atoms. The summed E-state index contributed by atoms with van der Waals surface area (Å²) in [5.41, 5.74) is 1.17. The number of rotatable bonds is 4. The Bertz CT molecular complexity index is 1140. The van der Waals surface area contributed by atoms with Gasteiger partial charge in [0.05, 0.1) is 6.26 Å². The molecule has 156 valence electrons. The lowest BCUT2D eigenvalue weighted by Crippen LogP contribution is -2.46. The minimum Gasteiger partial charge on any atom is -0.465 e. The van der Waals surface area contributed by atoms with Crippen molar-refractivity contribution in [1.82, 2.24) is 9.80 Å². The van der Waals surface area contributed by atoms with Crippen LogP contribution in [0, 0.1) is 5.92 Å². The van der Waals surface area contributed by atoms with E-state index in [4.69, 9.17) is 4.42 Å². The minimum atomic E-state index is -0.228. The molecule has 0 spiro atoms. The lowest BCUT2D eigenvalue weighted by atomic mass is 9.91. The third-order valence-corrected chi connectivity index (χ3v) is 6.16. The average molecular weight is 414 g/mol. The molecule has 2 aliphatic heterocycles. The number of furan rings is 1. The van der Waals surface area contributed by atoms with Crippen molar-refractivity contribution in [3.05, 3.63) is 77.8 Å². The molecule has 3 heterocycles. The molecule has 6 heteroatoms. The highest BCUT2D eigenvalue weighted by molar-refractivity contribution is 6.25. The van der Waals surface area contributed by atoms with Crippen LogP contribution in [0.25, 0.3) is 16.8 Å². The number of carbonyl (C=O) groups excluding carboxylic acids is 3. The molecule has 1 fully saturated rings. The van der Waals surface area contributed by atoms with Gasteiger partial charge in [-0.1, -0.05) is 24.3 Å². The molecule has 0 bridgehead atoms. The zero-order chi connectivity index (χ0) is 21.4. The molecule has 3 amide bonds. The minimum absolute atomic E-state index is 0.0550. The summed E-state index contributed by atoms with van der Waals surface area (Å²) in [4.78, 5) is 41.8. The standard InChI is InChI=1S/C25H22N2O4/c28-22(10-9-19-6-3-15-31-19)26-13-11-17(12-14-26)16-27-24(29)20-7-1-4-18-5-2-8-21(23(18)20)25(27)30/h1-10,15,17H,11-14,16H2/b10-9-. The van der Waals surface area contributed by atoms with E-state index in [1.165, 1.54) is 11.0 Å². The van der Waals surface area contributed by atoms with Gasteiger partial charge in [-0.05, 0) is 54.5 Å². The lowest BCUT2D eigenvalue weighted by Gasteiger charge is -2.35. The maximum absolute atomic E-state index is 13.1. The summed E-state index contributed by atoms with van der Waals surface area (Å²) in [6.45, 7) is 1.59. The average Bonchev–Trinajstić information content (AvgIpc) is 3.33. The number of hydrogen-bond donors (Lipinski definition) is 0. The molecule has 1 saturated heterocycles. The normalized spacial score (nSPS) is 17.2. The van der Waals surface area contributed by atoms with E-state index < -0.39 is 0 Å². The SMILES string of the molecule is O=C(/C=C\c1ccco1)N1CCC(CN2C(=O)c3cccc4cccc(c34)C2=O)CC1. The molecule has 0 N–H and O–H groups in total. The monoisotopic (exact) mass is 414 g/mol. The van der Waals surface area contributed by atoms with Crippen LogP contribution in [0.3, 0.4) is 0 Å². The van der Waals surface area contributed by atoms with Crippen molar-refractivity contribution in [2.75, 3.05) is 19.6 Å². The summed E-state index contributed by atoms with van der Waals surface area (Å²) in [6.07, 6.45) is 6.26. The summed E-state index contributed by atoms with van der Waals surface area (Å²) >= 11 is 0. The number of piperidine rings is 1. The van der Waals surface area contributed by atoms with Gasteiger partial charge >= 0.3 is 0 Å². The number of benzene rings is 2. The molecule has 0 atom stereocenters. The second kappa shape index (κ2) is 7.87. The Morgan fingerprint density at radius 1 is 0.968 bits per heavy atom. The van der Waals surface area contributed by atoms with Gasteiger partial charge < -0.3 is 9.32 Å². The molecule has 0 aliphatic carbocycles. The first kappa shape index (κ1) is 19.3. The van der Waals surface area contributed by atoms with Crippen molar-refractivity contribution in [2.45, 2.75) is 12.8 Å². The maximum Gasteiger partial charge on any atom is 0.261 e. The largest absolute Gasteiger partial charge is 0.465 e. The van der Waals surface area contributed by atoms with Crippen molar-refractivity contribution in [3.8, 4) is 0 Å². The summed E-state index contributed by atoms with van der Waals surface area (Å²) in [6, 6.07) is 14.7. The van der Waals surface area contributed by atoms with E-state index in [0.717, 1.165) is 23.6 Å². The predicted octanol–water partition coefficient (Wildman–Crippen LogP) is 3.98. The number of hydrogen-bond acceptors (Lipinski definition) is 4. The summed E-state index contributed by atoms with van der Waals surface area (Å²) in [5.74, 6) is 0.306. The number of carbonyl (C=O) groups is 3. The summed E-state index contributed by atoms with van der Waals surface area (Å²) < 4.78 is 5.21. The Morgan fingerprint density at radius 2 is 1.65 bits per heavy atom. The Morgan fingerprint density at radius 3 is 2.26 bits per heavy atom. The second-order valence-electron chi connectivity index (χ2n) is 8.05. The fourth-order valence-corrected chi connectivity index (χ4v) is 4.49. The number of likely N-dealkylation sites (tertiary alicyclic amines) is 1. The maximum atomic E-state index is 13.1. The highest BCUT2D eigenvalue weighted by atomic mass is 16.3. The first-order valence-corrected chi connectivity index (χ1v) is 10.5. The Balaban J connectivity index is 1.25. The predicted molar refractivity (Wildman–Crippen MR) is 116 cm³/mol. The number of imide groups is 1. The van der Waals surface area contributed by atoms with Crippen molar-refractivity contribution < 1.29 is 18.8 Å². The smallest absolute Gasteiger partial charge is 0.261 e. The Kier molecular flexibility index (Phi) is 4.90. The number of amides is 3. The van der Waals surface area contributed by atoms with Crippen LogP contribution in [0.5, 0.6) is 0 Å². The van der Waals surface area contributed by atoms with Crippen molar-refractivity contribution >= 4 is 34.6 Å². The topological polar surface area (TPSA) is 70.8 Å². The van der Waals surface area contributed by atoms with E-state index in [-0.39, 0.29) is 23.6 Å². The van der Waals surface area contributed by atoms with Crippen molar-refractivity contribution in [1.29, 1.82) is 0 Å². The molecule has 3 aromatic rings. The van der Waals surface area contributed by atoms with Crippen molar-refractivity contribution in [2.24, 2.45) is 5.92 Å². The van der Waals surface area contributed by atoms with Gasteiger partial charge in [0, 0.05) is 42.2 Å². The van der Waals surface area contributed by atoms with Gasteiger partial charge in [-0.2, -0.15) is 0 Å². The first-order chi connectivity index (χ1) is 15.1. The Hall–Kier alpha value is -3.67. The van der Waals surface area contributed by atoms with Crippen LogP contribution in [0.15, 0.2) is 65.3 Å². The molecule has 0 radical (unpaired) electrons. The summed E-state index contributed by atoms with van der Waals surface area (Å²) in [5, 5.41) is 1.66. The second-order valence-corrected chi connectivity index (χ2v) is 8.05. The van der Waals surface area contributed by atoms with Crippen LogP contribution >= 0.6 is 0 Å². The molecular formula is C25H22N2O4. The lowest BCUT2D eigenvalue weighted by molar-refractivity contribution is -0.127. The van der Waals surface area contributed by atoms with Gasteiger partial charge in [0.2, 0.25) is 5.91 Å². The van der Waals surface area contributed by atoms with Gasteiger partial charge in [0.1, 0.15) is 5.76 Å². The van der Waals surface area contributed by atoms with E-state index in [1.807, 2.05) is 24.3 Å². The van der Waals surface area contributed by atoms with Crippen molar-refractivity contribution in [3.63, 3.8) is 0 Å². The molecule has 2 aliphatic rings. The zero-order valence-electron chi connectivity index (χ0n) is 17.0. The Labute approximate surface area is 179 Å². The van der Waals surface area contributed by atoms with E-state index >= 15 is 0 Å². The van der Waals surface area contributed by atoms with E-state index in [9.17, 15) is 14.4 Å². The van der Waals surface area contributed by atoms with Crippen LogP contribution in [0.2, 0.25) is 0 Å². The van der Waals surface area contributed by atoms with Crippen LogP contribution in [-0.2, 0) is 4.79 Å². The van der Waals surface area contributed by atoms with Crippen LogP contribution in [-0.4, -0.2) is 47.2 Å². The zero-order valence-corrected chi connectivity index (χ0v) is 17.0.